The van der Waals surface area contributed by atoms with Crippen molar-refractivity contribution in [3.63, 3.8) is 0 Å². The number of morpholine rings is 1. The van der Waals surface area contributed by atoms with Crippen molar-refractivity contribution in [2.75, 3.05) is 52.5 Å². The average Bonchev–Trinajstić information content (AvgIpc) is 3.59. The maximum Gasteiger partial charge on any atom is 0.226 e. The molecule has 0 spiro atoms. The Hall–Kier alpha value is -2.12. The van der Waals surface area contributed by atoms with E-state index in [-0.39, 0.29) is 17.7 Å². The molecule has 1 aliphatic carbocycles. The molecule has 29 heavy (non-hydrogen) atoms. The molecule has 1 aromatic rings. The summed E-state index contributed by atoms with van der Waals surface area (Å²) in [6, 6.07) is 6.10. The van der Waals surface area contributed by atoms with E-state index in [1.807, 2.05) is 17.0 Å². The van der Waals surface area contributed by atoms with Crippen LogP contribution in [0.3, 0.4) is 0 Å². The topological polar surface area (TPSA) is 71.1 Å². The molecule has 0 bridgehead atoms. The summed E-state index contributed by atoms with van der Waals surface area (Å²) in [5.41, 5.74) is 2.15. The summed E-state index contributed by atoms with van der Waals surface area (Å²) in [7, 11) is 0. The van der Waals surface area contributed by atoms with E-state index in [1.54, 1.807) is 0 Å². The number of hydrogen-bond acceptors (Lipinski definition) is 5. The van der Waals surface area contributed by atoms with Crippen LogP contribution in [0.25, 0.3) is 0 Å². The maximum absolute atomic E-state index is 12.4. The molecule has 0 unspecified atom stereocenters. The number of aryl methyl sites for hydroxylation is 1. The number of hydrogen-bond donors (Lipinski definition) is 1. The number of ether oxygens (including phenoxy) is 2. The molecule has 1 aromatic carbocycles. The molecular weight excluding hydrogens is 370 g/mol. The van der Waals surface area contributed by atoms with Crippen molar-refractivity contribution in [3.05, 3.63) is 29.3 Å². The summed E-state index contributed by atoms with van der Waals surface area (Å²) in [4.78, 5) is 28.9. The predicted molar refractivity (Wildman–Crippen MR) is 109 cm³/mol. The zero-order valence-electron chi connectivity index (χ0n) is 17.0. The molecule has 1 saturated heterocycles. The van der Waals surface area contributed by atoms with Gasteiger partial charge in [0.1, 0.15) is 12.4 Å². The zero-order chi connectivity index (χ0) is 20.1. The predicted octanol–water partition coefficient (Wildman–Crippen LogP) is 1.20. The van der Waals surface area contributed by atoms with Crippen LogP contribution in [0.5, 0.6) is 5.75 Å². The van der Waals surface area contributed by atoms with Gasteiger partial charge in [0.15, 0.2) is 0 Å². The van der Waals surface area contributed by atoms with E-state index in [0.717, 1.165) is 62.6 Å². The quantitative estimate of drug-likeness (QED) is 0.743. The van der Waals surface area contributed by atoms with Crippen LogP contribution in [-0.4, -0.2) is 74.2 Å². The van der Waals surface area contributed by atoms with E-state index in [4.69, 9.17) is 9.47 Å². The highest BCUT2D eigenvalue weighted by molar-refractivity contribution is 5.81. The van der Waals surface area contributed by atoms with Crippen molar-refractivity contribution < 1.29 is 19.1 Å². The molecule has 2 fully saturated rings. The lowest BCUT2D eigenvalue weighted by molar-refractivity contribution is -0.133. The minimum atomic E-state index is 0.0787. The Morgan fingerprint density at radius 1 is 1.10 bits per heavy atom. The van der Waals surface area contributed by atoms with Gasteiger partial charge in [-0.2, -0.15) is 0 Å². The summed E-state index contributed by atoms with van der Waals surface area (Å²) in [6.45, 7) is 6.76. The Morgan fingerprint density at radius 3 is 2.72 bits per heavy atom. The fourth-order valence-corrected chi connectivity index (χ4v) is 3.90. The SMILES string of the molecule is O=C(CCc1ccc2c(c1)CN(C(=O)C1CC1)CCO2)NCCN1CCOCC1. The first-order valence-electron chi connectivity index (χ1n) is 10.8. The van der Waals surface area contributed by atoms with Crippen molar-refractivity contribution >= 4 is 11.8 Å². The highest BCUT2D eigenvalue weighted by Gasteiger charge is 2.34. The lowest BCUT2D eigenvalue weighted by Crippen LogP contribution is -2.41. The monoisotopic (exact) mass is 401 g/mol. The Bertz CT molecular complexity index is 729. The molecule has 7 nitrogen and oxygen atoms in total. The lowest BCUT2D eigenvalue weighted by Gasteiger charge is -2.26. The number of carbonyl (C=O) groups is 2. The molecule has 0 atom stereocenters. The number of rotatable bonds is 7. The van der Waals surface area contributed by atoms with Gasteiger partial charge >= 0.3 is 0 Å². The zero-order valence-corrected chi connectivity index (χ0v) is 17.0. The van der Waals surface area contributed by atoms with Crippen LogP contribution >= 0.6 is 0 Å². The summed E-state index contributed by atoms with van der Waals surface area (Å²) < 4.78 is 11.2. The summed E-state index contributed by atoms with van der Waals surface area (Å²) >= 11 is 0. The van der Waals surface area contributed by atoms with E-state index in [9.17, 15) is 9.59 Å². The third-order valence-electron chi connectivity index (χ3n) is 5.84. The molecule has 4 rings (SSSR count). The highest BCUT2D eigenvalue weighted by Crippen LogP contribution is 2.33. The lowest BCUT2D eigenvalue weighted by atomic mass is 10.0. The first-order valence-corrected chi connectivity index (χ1v) is 10.8. The smallest absolute Gasteiger partial charge is 0.226 e. The van der Waals surface area contributed by atoms with Crippen molar-refractivity contribution in [2.45, 2.75) is 32.2 Å². The number of amides is 2. The second-order valence-electron chi connectivity index (χ2n) is 8.13. The summed E-state index contributed by atoms with van der Waals surface area (Å²) in [5, 5.41) is 3.01. The van der Waals surface area contributed by atoms with Crippen LogP contribution in [0.1, 0.15) is 30.4 Å². The van der Waals surface area contributed by atoms with Gasteiger partial charge in [-0.25, -0.2) is 0 Å². The van der Waals surface area contributed by atoms with Gasteiger partial charge in [0.2, 0.25) is 11.8 Å². The Morgan fingerprint density at radius 2 is 1.93 bits per heavy atom. The molecule has 2 heterocycles. The second kappa shape index (κ2) is 9.59. The molecule has 2 aliphatic heterocycles. The fraction of sp³-hybridized carbons (Fsp3) is 0.636. The van der Waals surface area contributed by atoms with Crippen molar-refractivity contribution in [1.82, 2.24) is 15.1 Å². The number of benzene rings is 1. The van der Waals surface area contributed by atoms with Gasteiger partial charge in [-0.05, 0) is 30.9 Å². The van der Waals surface area contributed by atoms with Crippen LogP contribution in [0, 0.1) is 5.92 Å². The molecule has 1 saturated carbocycles. The van der Waals surface area contributed by atoms with Gasteiger partial charge in [0, 0.05) is 50.6 Å². The molecule has 7 heteroatoms. The first kappa shape index (κ1) is 20.2. The average molecular weight is 402 g/mol. The van der Waals surface area contributed by atoms with Gasteiger partial charge in [-0.15, -0.1) is 0 Å². The first-order chi connectivity index (χ1) is 14.2. The van der Waals surface area contributed by atoms with Gasteiger partial charge in [-0.1, -0.05) is 12.1 Å². The number of nitrogens with one attached hydrogen (secondary N) is 1. The van der Waals surface area contributed by atoms with E-state index >= 15 is 0 Å². The normalized spacial score (nSPS) is 19.8. The molecule has 0 aromatic heterocycles. The van der Waals surface area contributed by atoms with Crippen molar-refractivity contribution in [1.29, 1.82) is 0 Å². The van der Waals surface area contributed by atoms with Gasteiger partial charge in [0.05, 0.1) is 19.8 Å². The van der Waals surface area contributed by atoms with Gasteiger partial charge in [-0.3, -0.25) is 14.5 Å². The number of nitrogens with zero attached hydrogens (tertiary/aromatic N) is 2. The van der Waals surface area contributed by atoms with Crippen molar-refractivity contribution in [3.8, 4) is 5.75 Å². The third kappa shape index (κ3) is 5.70. The van der Waals surface area contributed by atoms with Crippen LogP contribution in [-0.2, 0) is 27.3 Å². The van der Waals surface area contributed by atoms with Crippen LogP contribution in [0.4, 0.5) is 0 Å². The van der Waals surface area contributed by atoms with Crippen LogP contribution < -0.4 is 10.1 Å². The summed E-state index contributed by atoms with van der Waals surface area (Å²) in [5.74, 6) is 1.41. The second-order valence-corrected chi connectivity index (χ2v) is 8.13. The van der Waals surface area contributed by atoms with Gasteiger partial charge < -0.3 is 19.7 Å². The molecule has 3 aliphatic rings. The number of fused-ring (bicyclic) bond motifs is 1. The fourth-order valence-electron chi connectivity index (χ4n) is 3.90. The highest BCUT2D eigenvalue weighted by atomic mass is 16.5. The van der Waals surface area contributed by atoms with E-state index in [2.05, 4.69) is 16.3 Å². The Balaban J connectivity index is 1.25. The van der Waals surface area contributed by atoms with Crippen molar-refractivity contribution in [2.24, 2.45) is 5.92 Å². The largest absolute Gasteiger partial charge is 0.491 e. The molecule has 158 valence electrons. The molecule has 0 radical (unpaired) electrons. The van der Waals surface area contributed by atoms with E-state index in [0.29, 0.717) is 39.1 Å². The number of carbonyl (C=O) groups excluding carboxylic acids is 2. The van der Waals surface area contributed by atoms with Crippen LogP contribution in [0.15, 0.2) is 18.2 Å². The van der Waals surface area contributed by atoms with E-state index in [1.165, 1.54) is 0 Å². The minimum absolute atomic E-state index is 0.0787. The summed E-state index contributed by atoms with van der Waals surface area (Å²) in [6.07, 6.45) is 3.19. The maximum atomic E-state index is 12.4. The standard InChI is InChI=1S/C22H31N3O4/c26-21(23-7-8-24-9-12-28-13-10-24)6-2-17-1-5-20-19(15-17)16-25(11-14-29-20)22(27)18-3-4-18/h1,5,15,18H,2-4,6-14,16H2,(H,23,26). The minimum Gasteiger partial charge on any atom is -0.491 e. The Kier molecular flexibility index (Phi) is 6.67. The van der Waals surface area contributed by atoms with Crippen LogP contribution in [0.2, 0.25) is 0 Å². The molecular formula is C22H31N3O4. The van der Waals surface area contributed by atoms with E-state index < -0.39 is 0 Å². The molecule has 1 N–H and O–H groups in total. The molecule has 2 amide bonds. The third-order valence-corrected chi connectivity index (χ3v) is 5.84. The van der Waals surface area contributed by atoms with Gasteiger partial charge in [0.25, 0.3) is 0 Å². The Labute approximate surface area is 172 Å².